The SMILES string of the molecule is O=C(Cc1ccc(S(=O)(=O)N2CCCC2)s1)NN(Cc1ccccc1)c1ccccc1. The molecule has 0 unspecified atom stereocenters. The fourth-order valence-electron chi connectivity index (χ4n) is 3.57. The second-order valence-corrected chi connectivity index (χ2v) is 10.8. The van der Waals surface area contributed by atoms with Crippen molar-refractivity contribution < 1.29 is 13.2 Å². The maximum absolute atomic E-state index is 12.8. The Hall–Kier alpha value is -2.68. The number of thiophene rings is 1. The van der Waals surface area contributed by atoms with Crippen molar-refractivity contribution in [3.8, 4) is 0 Å². The molecule has 1 aliphatic heterocycles. The Morgan fingerprint density at radius 3 is 2.26 bits per heavy atom. The number of nitrogens with one attached hydrogen (secondary N) is 1. The molecule has 0 spiro atoms. The molecule has 8 heteroatoms. The van der Waals surface area contributed by atoms with Crippen LogP contribution in [0.3, 0.4) is 0 Å². The Kier molecular flexibility index (Phi) is 6.70. The number of amides is 1. The van der Waals surface area contributed by atoms with E-state index in [1.807, 2.05) is 65.7 Å². The van der Waals surface area contributed by atoms with E-state index in [1.165, 1.54) is 15.6 Å². The zero-order valence-electron chi connectivity index (χ0n) is 17.1. The van der Waals surface area contributed by atoms with Crippen molar-refractivity contribution in [1.29, 1.82) is 0 Å². The minimum Gasteiger partial charge on any atom is -0.281 e. The zero-order chi connectivity index (χ0) is 21.7. The van der Waals surface area contributed by atoms with Crippen LogP contribution in [0.4, 0.5) is 5.69 Å². The van der Waals surface area contributed by atoms with Crippen molar-refractivity contribution in [2.24, 2.45) is 0 Å². The topological polar surface area (TPSA) is 69.7 Å². The number of anilines is 1. The highest BCUT2D eigenvalue weighted by molar-refractivity contribution is 7.91. The molecule has 3 aromatic rings. The lowest BCUT2D eigenvalue weighted by molar-refractivity contribution is -0.120. The van der Waals surface area contributed by atoms with Gasteiger partial charge in [0.15, 0.2) is 0 Å². The Morgan fingerprint density at radius 1 is 0.935 bits per heavy atom. The maximum Gasteiger partial charge on any atom is 0.252 e. The number of hydrogen-bond donors (Lipinski definition) is 1. The molecule has 2 aromatic carbocycles. The molecule has 162 valence electrons. The largest absolute Gasteiger partial charge is 0.281 e. The average molecular weight is 456 g/mol. The molecule has 1 amide bonds. The number of carbonyl (C=O) groups is 1. The molecule has 0 radical (unpaired) electrons. The third-order valence-electron chi connectivity index (χ3n) is 5.14. The van der Waals surface area contributed by atoms with E-state index < -0.39 is 10.0 Å². The predicted octanol–water partition coefficient (Wildman–Crippen LogP) is 3.81. The van der Waals surface area contributed by atoms with E-state index >= 15 is 0 Å². The molecule has 2 heterocycles. The van der Waals surface area contributed by atoms with E-state index in [2.05, 4.69) is 5.43 Å². The van der Waals surface area contributed by atoms with Gasteiger partial charge in [-0.2, -0.15) is 4.31 Å². The first-order valence-corrected chi connectivity index (χ1v) is 12.5. The monoisotopic (exact) mass is 455 g/mol. The van der Waals surface area contributed by atoms with Crippen molar-refractivity contribution in [3.05, 3.63) is 83.2 Å². The molecule has 0 saturated carbocycles. The fraction of sp³-hybridized carbons (Fsp3) is 0.261. The van der Waals surface area contributed by atoms with Crippen LogP contribution in [0.2, 0.25) is 0 Å². The van der Waals surface area contributed by atoms with Gasteiger partial charge < -0.3 is 0 Å². The number of hydrogen-bond acceptors (Lipinski definition) is 5. The Balaban J connectivity index is 1.45. The average Bonchev–Trinajstić information content (AvgIpc) is 3.48. The fourth-order valence-corrected chi connectivity index (χ4v) is 6.59. The van der Waals surface area contributed by atoms with Crippen molar-refractivity contribution in [1.82, 2.24) is 9.73 Å². The second kappa shape index (κ2) is 9.64. The first kappa shape index (κ1) is 21.5. The minimum absolute atomic E-state index is 0.123. The van der Waals surface area contributed by atoms with Crippen LogP contribution in [-0.2, 0) is 27.8 Å². The summed E-state index contributed by atoms with van der Waals surface area (Å²) in [6, 6.07) is 22.9. The van der Waals surface area contributed by atoms with Gasteiger partial charge >= 0.3 is 0 Å². The third kappa shape index (κ3) is 5.33. The molecule has 31 heavy (non-hydrogen) atoms. The van der Waals surface area contributed by atoms with Gasteiger partial charge in [-0.15, -0.1) is 11.3 Å². The number of hydrazine groups is 1. The van der Waals surface area contributed by atoms with E-state index in [4.69, 9.17) is 0 Å². The van der Waals surface area contributed by atoms with Crippen LogP contribution in [0, 0.1) is 0 Å². The first-order valence-electron chi connectivity index (χ1n) is 10.3. The number of rotatable bonds is 8. The summed E-state index contributed by atoms with van der Waals surface area (Å²) in [5.74, 6) is -0.188. The molecule has 1 fully saturated rings. The Labute approximate surface area is 187 Å². The summed E-state index contributed by atoms with van der Waals surface area (Å²) in [5, 5.41) is 1.81. The molecule has 6 nitrogen and oxygen atoms in total. The summed E-state index contributed by atoms with van der Waals surface area (Å²) in [4.78, 5) is 13.5. The smallest absolute Gasteiger partial charge is 0.252 e. The van der Waals surface area contributed by atoms with Gasteiger partial charge in [-0.1, -0.05) is 48.5 Å². The minimum atomic E-state index is -3.45. The molecule has 1 aromatic heterocycles. The zero-order valence-corrected chi connectivity index (χ0v) is 18.7. The van der Waals surface area contributed by atoms with Gasteiger partial charge in [0.1, 0.15) is 4.21 Å². The highest BCUT2D eigenvalue weighted by Crippen LogP contribution is 2.27. The molecule has 1 N–H and O–H groups in total. The van der Waals surface area contributed by atoms with Crippen molar-refractivity contribution in [3.63, 3.8) is 0 Å². The summed E-state index contributed by atoms with van der Waals surface area (Å²) in [6.45, 7) is 1.67. The molecule has 0 atom stereocenters. The number of carbonyl (C=O) groups excluding carboxylic acids is 1. The summed E-state index contributed by atoms with van der Waals surface area (Å²) in [7, 11) is -3.45. The van der Waals surface area contributed by atoms with Gasteiger partial charge in [0.05, 0.1) is 18.7 Å². The van der Waals surface area contributed by atoms with E-state index in [1.54, 1.807) is 12.1 Å². The van der Waals surface area contributed by atoms with Crippen LogP contribution in [0.1, 0.15) is 23.3 Å². The van der Waals surface area contributed by atoms with Crippen LogP contribution >= 0.6 is 11.3 Å². The highest BCUT2D eigenvalue weighted by atomic mass is 32.2. The van der Waals surface area contributed by atoms with Gasteiger partial charge in [0, 0.05) is 18.0 Å². The van der Waals surface area contributed by atoms with E-state index in [9.17, 15) is 13.2 Å². The Morgan fingerprint density at radius 2 is 1.58 bits per heavy atom. The van der Waals surface area contributed by atoms with Gasteiger partial charge in [-0.25, -0.2) is 8.42 Å². The van der Waals surface area contributed by atoms with Crippen LogP contribution in [0.5, 0.6) is 0 Å². The number of benzene rings is 2. The van der Waals surface area contributed by atoms with Gasteiger partial charge in [-0.3, -0.25) is 15.2 Å². The third-order valence-corrected chi connectivity index (χ3v) is 8.59. The quantitative estimate of drug-likeness (QED) is 0.525. The number of nitrogens with zero attached hydrogens (tertiary/aromatic N) is 2. The molecular weight excluding hydrogens is 430 g/mol. The molecule has 0 bridgehead atoms. The van der Waals surface area contributed by atoms with Crippen LogP contribution in [0.15, 0.2) is 77.0 Å². The summed E-state index contributed by atoms with van der Waals surface area (Å²) < 4.78 is 27.3. The van der Waals surface area contributed by atoms with E-state index in [-0.39, 0.29) is 12.3 Å². The number of para-hydroxylation sites is 1. The molecule has 4 rings (SSSR count). The molecule has 1 aliphatic rings. The van der Waals surface area contributed by atoms with Crippen molar-refractivity contribution in [2.45, 2.75) is 30.0 Å². The standard InChI is InChI=1S/C23H25N3O3S2/c27-22(17-21-13-14-23(30-21)31(28,29)25-15-7-8-16-25)24-26(20-11-5-2-6-12-20)18-19-9-3-1-4-10-19/h1-6,9-14H,7-8,15-18H2,(H,24,27). The van der Waals surface area contributed by atoms with E-state index in [0.717, 1.165) is 29.0 Å². The predicted molar refractivity (Wildman–Crippen MR) is 123 cm³/mol. The van der Waals surface area contributed by atoms with Crippen LogP contribution in [0.25, 0.3) is 0 Å². The Bertz CT molecular complexity index is 1110. The number of sulfonamides is 1. The summed E-state index contributed by atoms with van der Waals surface area (Å²) in [5.41, 5.74) is 4.92. The molecule has 1 saturated heterocycles. The van der Waals surface area contributed by atoms with Gasteiger partial charge in [0.25, 0.3) is 10.0 Å². The first-order chi connectivity index (χ1) is 15.0. The molecular formula is C23H25N3O3S2. The maximum atomic E-state index is 12.8. The lowest BCUT2D eigenvalue weighted by Gasteiger charge is -2.25. The normalized spacial score (nSPS) is 14.5. The summed E-state index contributed by atoms with van der Waals surface area (Å²) in [6.07, 6.45) is 1.92. The molecule has 0 aliphatic carbocycles. The van der Waals surface area contributed by atoms with E-state index in [0.29, 0.717) is 23.8 Å². The second-order valence-electron chi connectivity index (χ2n) is 7.45. The lowest BCUT2D eigenvalue weighted by Crippen LogP contribution is -2.42. The van der Waals surface area contributed by atoms with Gasteiger partial charge in [0.2, 0.25) is 5.91 Å². The van der Waals surface area contributed by atoms with Gasteiger partial charge in [-0.05, 0) is 42.7 Å². The van der Waals surface area contributed by atoms with Crippen LogP contribution in [-0.4, -0.2) is 31.7 Å². The van der Waals surface area contributed by atoms with Crippen molar-refractivity contribution in [2.75, 3.05) is 18.1 Å². The van der Waals surface area contributed by atoms with Crippen molar-refractivity contribution >= 4 is 33.0 Å². The highest BCUT2D eigenvalue weighted by Gasteiger charge is 2.28. The lowest BCUT2D eigenvalue weighted by atomic mass is 10.2. The summed E-state index contributed by atoms with van der Waals surface area (Å²) >= 11 is 1.17. The van der Waals surface area contributed by atoms with Crippen LogP contribution < -0.4 is 10.4 Å².